The van der Waals surface area contributed by atoms with Gasteiger partial charge in [0, 0.05) is 24.3 Å². The van der Waals surface area contributed by atoms with Gasteiger partial charge < -0.3 is 19.9 Å². The summed E-state index contributed by atoms with van der Waals surface area (Å²) < 4.78 is 42.7. The summed E-state index contributed by atoms with van der Waals surface area (Å²) >= 11 is 0. The van der Waals surface area contributed by atoms with Crippen molar-refractivity contribution in [2.75, 3.05) is 26.7 Å². The lowest BCUT2D eigenvalue weighted by Gasteiger charge is -2.14. The maximum atomic E-state index is 14.1. The van der Waals surface area contributed by atoms with E-state index < -0.39 is 17.6 Å². The van der Waals surface area contributed by atoms with E-state index in [1.54, 1.807) is 0 Å². The summed E-state index contributed by atoms with van der Waals surface area (Å²) in [5, 5.41) is 9.58. The van der Waals surface area contributed by atoms with Gasteiger partial charge >= 0.3 is 5.97 Å². The van der Waals surface area contributed by atoms with E-state index in [0.717, 1.165) is 19.2 Å². The first-order chi connectivity index (χ1) is 14.9. The number of carbonyl (C=O) groups is 1. The molecule has 9 heteroatoms. The first-order valence-corrected chi connectivity index (χ1v) is 8.90. The molecule has 0 fully saturated rings. The van der Waals surface area contributed by atoms with Gasteiger partial charge in [-0.3, -0.25) is 0 Å². The number of anilines is 1. The number of hydrogen-bond acceptors (Lipinski definition) is 7. The van der Waals surface area contributed by atoms with E-state index in [1.807, 2.05) is 6.07 Å². The van der Waals surface area contributed by atoms with Gasteiger partial charge in [-0.15, -0.1) is 0 Å². The normalized spacial score (nSPS) is 10.4. The van der Waals surface area contributed by atoms with Crippen molar-refractivity contribution in [1.82, 2.24) is 4.98 Å². The molecule has 158 valence electrons. The third-order valence-corrected chi connectivity index (χ3v) is 4.39. The van der Waals surface area contributed by atoms with Gasteiger partial charge in [0.25, 0.3) is 0 Å². The molecule has 0 saturated carbocycles. The van der Waals surface area contributed by atoms with E-state index >= 15 is 0 Å². The molecule has 0 radical (unpaired) electrons. The number of nitrogens with zero attached hydrogens (tertiary/aromatic N) is 2. The number of pyridine rings is 1. The fourth-order valence-electron chi connectivity index (χ4n) is 2.96. The Morgan fingerprint density at radius 3 is 2.58 bits per heavy atom. The van der Waals surface area contributed by atoms with Crippen LogP contribution in [0.4, 0.5) is 14.6 Å². The molecule has 0 aliphatic heterocycles. The number of nitrogen functional groups attached to an aromatic ring is 1. The van der Waals surface area contributed by atoms with Crippen molar-refractivity contribution in [1.29, 1.82) is 5.26 Å². The van der Waals surface area contributed by atoms with Crippen LogP contribution < -0.4 is 10.5 Å². The second kappa shape index (κ2) is 9.19. The Bertz CT molecular complexity index is 1190. The van der Waals surface area contributed by atoms with Crippen LogP contribution in [0.1, 0.15) is 15.9 Å². The van der Waals surface area contributed by atoms with E-state index in [1.165, 1.54) is 37.4 Å². The van der Waals surface area contributed by atoms with Crippen LogP contribution in [0.15, 0.2) is 42.5 Å². The highest BCUT2D eigenvalue weighted by Gasteiger charge is 2.19. The quantitative estimate of drug-likeness (QED) is 0.471. The van der Waals surface area contributed by atoms with Crippen LogP contribution in [0.25, 0.3) is 22.4 Å². The van der Waals surface area contributed by atoms with Crippen molar-refractivity contribution in [3.8, 4) is 34.2 Å². The number of carbonyl (C=O) groups excluding carboxylic acids is 1. The van der Waals surface area contributed by atoms with E-state index in [4.69, 9.17) is 15.2 Å². The second-order valence-electron chi connectivity index (χ2n) is 6.30. The highest BCUT2D eigenvalue weighted by Crippen LogP contribution is 2.36. The topological polar surface area (TPSA) is 107 Å². The highest BCUT2D eigenvalue weighted by molar-refractivity contribution is 5.92. The molecule has 1 aromatic heterocycles. The lowest BCUT2D eigenvalue weighted by atomic mass is 9.96. The predicted molar refractivity (Wildman–Crippen MR) is 108 cm³/mol. The van der Waals surface area contributed by atoms with Crippen LogP contribution in [-0.4, -0.2) is 32.0 Å². The molecular weight excluding hydrogens is 408 g/mol. The molecule has 2 N–H and O–H groups in total. The Morgan fingerprint density at radius 1 is 1.13 bits per heavy atom. The SMILES string of the molecule is COCOc1cc(F)ccc1-c1cc(-c2ccc(F)c(C(=O)OC)c2)c(C#N)c(N)n1. The van der Waals surface area contributed by atoms with Gasteiger partial charge in [-0.05, 0) is 35.9 Å². The summed E-state index contributed by atoms with van der Waals surface area (Å²) in [6, 6.07) is 11.1. The second-order valence-corrected chi connectivity index (χ2v) is 6.30. The lowest BCUT2D eigenvalue weighted by Crippen LogP contribution is -2.06. The standard InChI is InChI=1S/C22H17F2N3O4/c1-29-11-31-20-8-13(23)4-5-14(20)19-9-15(17(10-25)21(26)27-19)12-3-6-18(24)16(7-12)22(28)30-2/h3-9H,11H2,1-2H3,(H2,26,27). The molecule has 1 heterocycles. The molecule has 0 spiro atoms. The minimum atomic E-state index is -0.867. The molecule has 3 rings (SSSR count). The number of rotatable bonds is 6. The first-order valence-electron chi connectivity index (χ1n) is 8.90. The van der Waals surface area contributed by atoms with E-state index in [9.17, 15) is 18.8 Å². The summed E-state index contributed by atoms with van der Waals surface area (Å²) in [5.41, 5.74) is 7.06. The highest BCUT2D eigenvalue weighted by atomic mass is 19.1. The Labute approximate surface area is 176 Å². The average Bonchev–Trinajstić information content (AvgIpc) is 2.77. The van der Waals surface area contributed by atoms with Gasteiger partial charge in [-0.25, -0.2) is 18.6 Å². The number of hydrogen-bond donors (Lipinski definition) is 1. The van der Waals surface area contributed by atoms with Crippen molar-refractivity contribution >= 4 is 11.8 Å². The molecule has 0 unspecified atom stereocenters. The molecule has 31 heavy (non-hydrogen) atoms. The lowest BCUT2D eigenvalue weighted by molar-refractivity contribution is 0.0513. The molecule has 3 aromatic rings. The number of aromatic nitrogens is 1. The molecule has 0 amide bonds. The van der Waals surface area contributed by atoms with Gasteiger partial charge in [0.1, 0.15) is 34.8 Å². The zero-order valence-corrected chi connectivity index (χ0v) is 16.6. The monoisotopic (exact) mass is 425 g/mol. The van der Waals surface area contributed by atoms with Crippen LogP contribution in [-0.2, 0) is 9.47 Å². The Hall–Kier alpha value is -4.03. The van der Waals surface area contributed by atoms with Gasteiger partial charge in [-0.2, -0.15) is 5.26 Å². The van der Waals surface area contributed by atoms with Crippen molar-refractivity contribution in [3.05, 3.63) is 65.2 Å². The summed E-state index contributed by atoms with van der Waals surface area (Å²) in [6.45, 7) is -0.129. The predicted octanol–water partition coefficient (Wildman–Crippen LogP) is 3.92. The molecule has 0 aliphatic carbocycles. The molecule has 7 nitrogen and oxygen atoms in total. The van der Waals surface area contributed by atoms with Crippen LogP contribution >= 0.6 is 0 Å². The number of benzene rings is 2. The molecule has 0 atom stereocenters. The van der Waals surface area contributed by atoms with Gasteiger partial charge in [-0.1, -0.05) is 6.07 Å². The zero-order chi connectivity index (χ0) is 22.5. The number of nitrogens with two attached hydrogens (primary N) is 1. The minimum Gasteiger partial charge on any atom is -0.467 e. The third-order valence-electron chi connectivity index (χ3n) is 4.39. The summed E-state index contributed by atoms with van der Waals surface area (Å²) in [5.74, 6) is -2.11. The number of esters is 1. The third kappa shape index (κ3) is 4.44. The number of nitriles is 1. The fourth-order valence-corrected chi connectivity index (χ4v) is 2.96. The number of ether oxygens (including phenoxy) is 3. The number of methoxy groups -OCH3 is 2. The van der Waals surface area contributed by atoms with Crippen molar-refractivity contribution in [2.24, 2.45) is 0 Å². The van der Waals surface area contributed by atoms with E-state index in [2.05, 4.69) is 9.72 Å². The summed E-state index contributed by atoms with van der Waals surface area (Å²) in [6.07, 6.45) is 0. The first kappa shape index (κ1) is 21.7. The molecule has 2 aromatic carbocycles. The minimum absolute atomic E-state index is 0.0349. The largest absolute Gasteiger partial charge is 0.467 e. The zero-order valence-electron chi connectivity index (χ0n) is 16.6. The molecular formula is C22H17F2N3O4. The van der Waals surface area contributed by atoms with Crippen molar-refractivity contribution in [2.45, 2.75) is 0 Å². The van der Waals surface area contributed by atoms with E-state index in [0.29, 0.717) is 16.7 Å². The van der Waals surface area contributed by atoms with Crippen LogP contribution in [0, 0.1) is 23.0 Å². The van der Waals surface area contributed by atoms with Gasteiger partial charge in [0.15, 0.2) is 6.79 Å². The van der Waals surface area contributed by atoms with Crippen LogP contribution in [0.3, 0.4) is 0 Å². The molecule has 0 saturated heterocycles. The Kier molecular flexibility index (Phi) is 6.43. The van der Waals surface area contributed by atoms with E-state index in [-0.39, 0.29) is 35.2 Å². The number of halogens is 2. The molecule has 0 aliphatic rings. The van der Waals surface area contributed by atoms with Gasteiger partial charge in [0.05, 0.1) is 18.4 Å². The van der Waals surface area contributed by atoms with Crippen LogP contribution in [0.5, 0.6) is 5.75 Å². The van der Waals surface area contributed by atoms with Gasteiger partial charge in [0.2, 0.25) is 0 Å². The maximum absolute atomic E-state index is 14.1. The van der Waals surface area contributed by atoms with Crippen molar-refractivity contribution in [3.63, 3.8) is 0 Å². The Balaban J connectivity index is 2.22. The molecule has 0 bridgehead atoms. The summed E-state index contributed by atoms with van der Waals surface area (Å²) in [4.78, 5) is 16.1. The Morgan fingerprint density at radius 2 is 1.90 bits per heavy atom. The summed E-state index contributed by atoms with van der Waals surface area (Å²) in [7, 11) is 2.55. The maximum Gasteiger partial charge on any atom is 0.340 e. The smallest absolute Gasteiger partial charge is 0.340 e. The van der Waals surface area contributed by atoms with Crippen LogP contribution in [0.2, 0.25) is 0 Å². The van der Waals surface area contributed by atoms with Crippen molar-refractivity contribution < 1.29 is 27.8 Å². The average molecular weight is 425 g/mol. The fraction of sp³-hybridized carbons (Fsp3) is 0.136.